The zero-order chi connectivity index (χ0) is 20.9. The lowest BCUT2D eigenvalue weighted by Crippen LogP contribution is -2.36. The monoisotopic (exact) mass is 411 g/mol. The van der Waals surface area contributed by atoms with Crippen LogP contribution in [0.1, 0.15) is 30.7 Å². The SMILES string of the molecule is C=C(C)CC(c1ccco1)N(c1ccc(OC)cc1)S(=O)(=O)Cc1ccccc1. The van der Waals surface area contributed by atoms with Gasteiger partial charge in [-0.25, -0.2) is 8.42 Å². The van der Waals surface area contributed by atoms with Gasteiger partial charge in [-0.2, -0.15) is 0 Å². The zero-order valence-electron chi connectivity index (χ0n) is 16.6. The number of rotatable bonds is 9. The smallest absolute Gasteiger partial charge is 0.240 e. The highest BCUT2D eigenvalue weighted by atomic mass is 32.2. The number of anilines is 1. The van der Waals surface area contributed by atoms with Crippen LogP contribution in [0.4, 0.5) is 5.69 Å². The third-order valence-electron chi connectivity index (χ3n) is 4.51. The van der Waals surface area contributed by atoms with Gasteiger partial charge >= 0.3 is 0 Å². The normalized spacial score (nSPS) is 12.3. The van der Waals surface area contributed by atoms with E-state index in [4.69, 9.17) is 9.15 Å². The van der Waals surface area contributed by atoms with Gasteiger partial charge in [-0.1, -0.05) is 35.9 Å². The Hall–Kier alpha value is -2.99. The van der Waals surface area contributed by atoms with Crippen molar-refractivity contribution in [1.29, 1.82) is 0 Å². The fourth-order valence-electron chi connectivity index (χ4n) is 3.23. The summed E-state index contributed by atoms with van der Waals surface area (Å²) in [5.74, 6) is 1.11. The van der Waals surface area contributed by atoms with Gasteiger partial charge in [-0.15, -0.1) is 6.58 Å². The fraction of sp³-hybridized carbons (Fsp3) is 0.217. The van der Waals surface area contributed by atoms with E-state index in [1.54, 1.807) is 49.8 Å². The maximum Gasteiger partial charge on any atom is 0.240 e. The van der Waals surface area contributed by atoms with Crippen molar-refractivity contribution in [3.63, 3.8) is 0 Å². The second-order valence-electron chi connectivity index (χ2n) is 6.93. The van der Waals surface area contributed by atoms with Crippen LogP contribution in [0.2, 0.25) is 0 Å². The first-order valence-electron chi connectivity index (χ1n) is 9.28. The minimum atomic E-state index is -3.73. The van der Waals surface area contributed by atoms with Crippen LogP contribution in [0.15, 0.2) is 89.6 Å². The molecular formula is C23H25NO4S. The van der Waals surface area contributed by atoms with Gasteiger partial charge in [0.15, 0.2) is 0 Å². The molecule has 1 unspecified atom stereocenters. The first-order valence-corrected chi connectivity index (χ1v) is 10.9. The van der Waals surface area contributed by atoms with E-state index in [1.165, 1.54) is 4.31 Å². The molecule has 0 fully saturated rings. The molecule has 0 spiro atoms. The van der Waals surface area contributed by atoms with Crippen molar-refractivity contribution in [2.24, 2.45) is 0 Å². The number of nitrogens with zero attached hydrogens (tertiary/aromatic N) is 1. The standard InChI is InChI=1S/C23H25NO4S/c1-18(2)16-22(23-10-7-15-28-23)24(20-11-13-21(27-3)14-12-20)29(25,26)17-19-8-5-4-6-9-19/h4-15,22H,1,16-17H2,2-3H3. The van der Waals surface area contributed by atoms with Crippen LogP contribution < -0.4 is 9.04 Å². The minimum absolute atomic E-state index is 0.118. The van der Waals surface area contributed by atoms with Crippen LogP contribution in [0.3, 0.4) is 0 Å². The Morgan fingerprint density at radius 2 is 1.76 bits per heavy atom. The second-order valence-corrected chi connectivity index (χ2v) is 8.77. The average Bonchev–Trinajstić information content (AvgIpc) is 3.22. The Labute approximate surface area is 172 Å². The molecule has 0 saturated carbocycles. The summed E-state index contributed by atoms with van der Waals surface area (Å²) in [6.07, 6.45) is 1.99. The number of sulfonamides is 1. The third-order valence-corrected chi connectivity index (χ3v) is 6.28. The van der Waals surface area contributed by atoms with Gasteiger partial charge in [0.25, 0.3) is 0 Å². The summed E-state index contributed by atoms with van der Waals surface area (Å²) < 4.78 is 39.5. The molecule has 5 nitrogen and oxygen atoms in total. The molecular weight excluding hydrogens is 386 g/mol. The van der Waals surface area contributed by atoms with E-state index in [2.05, 4.69) is 6.58 Å². The minimum Gasteiger partial charge on any atom is -0.497 e. The number of ether oxygens (including phenoxy) is 1. The molecule has 6 heteroatoms. The number of benzene rings is 2. The topological polar surface area (TPSA) is 59.8 Å². The maximum atomic E-state index is 13.6. The van der Waals surface area contributed by atoms with Gasteiger partial charge in [0, 0.05) is 0 Å². The molecule has 1 heterocycles. The van der Waals surface area contributed by atoms with Crippen molar-refractivity contribution in [3.8, 4) is 5.75 Å². The highest BCUT2D eigenvalue weighted by Crippen LogP contribution is 2.36. The molecule has 3 aromatic rings. The Kier molecular flexibility index (Phi) is 6.44. The van der Waals surface area contributed by atoms with Crippen molar-refractivity contribution in [3.05, 3.63) is 96.5 Å². The predicted octanol–water partition coefficient (Wildman–Crippen LogP) is 5.33. The van der Waals surface area contributed by atoms with E-state index >= 15 is 0 Å². The molecule has 0 aliphatic heterocycles. The molecule has 1 aromatic heterocycles. The van der Waals surface area contributed by atoms with Crippen molar-refractivity contribution < 1.29 is 17.6 Å². The predicted molar refractivity (Wildman–Crippen MR) is 115 cm³/mol. The van der Waals surface area contributed by atoms with Crippen molar-refractivity contribution in [2.45, 2.75) is 25.1 Å². The van der Waals surface area contributed by atoms with Gasteiger partial charge in [0.2, 0.25) is 10.0 Å². The van der Waals surface area contributed by atoms with Gasteiger partial charge in [0.1, 0.15) is 17.6 Å². The van der Waals surface area contributed by atoms with E-state index in [-0.39, 0.29) is 5.75 Å². The number of furan rings is 1. The molecule has 0 aliphatic rings. The number of methoxy groups -OCH3 is 1. The number of hydrogen-bond acceptors (Lipinski definition) is 4. The fourth-order valence-corrected chi connectivity index (χ4v) is 4.99. The van der Waals surface area contributed by atoms with Gasteiger partial charge in [-0.05, 0) is 55.3 Å². The summed E-state index contributed by atoms with van der Waals surface area (Å²) in [6.45, 7) is 5.87. The summed E-state index contributed by atoms with van der Waals surface area (Å²) in [7, 11) is -2.15. The number of hydrogen-bond donors (Lipinski definition) is 0. The van der Waals surface area contributed by atoms with Crippen LogP contribution in [0, 0.1) is 0 Å². The van der Waals surface area contributed by atoms with Crippen molar-refractivity contribution >= 4 is 15.7 Å². The molecule has 2 aromatic carbocycles. The van der Waals surface area contributed by atoms with Crippen LogP contribution in [-0.4, -0.2) is 15.5 Å². The Bertz CT molecular complexity index is 1030. The highest BCUT2D eigenvalue weighted by molar-refractivity contribution is 7.92. The molecule has 0 bridgehead atoms. The Balaban J connectivity index is 2.10. The van der Waals surface area contributed by atoms with Crippen LogP contribution >= 0.6 is 0 Å². The molecule has 1 atom stereocenters. The first kappa shape index (κ1) is 20.7. The van der Waals surface area contributed by atoms with E-state index in [9.17, 15) is 8.42 Å². The van der Waals surface area contributed by atoms with E-state index < -0.39 is 16.1 Å². The quantitative estimate of drug-likeness (QED) is 0.447. The van der Waals surface area contributed by atoms with Crippen molar-refractivity contribution in [2.75, 3.05) is 11.4 Å². The van der Waals surface area contributed by atoms with Crippen LogP contribution in [-0.2, 0) is 15.8 Å². The van der Waals surface area contributed by atoms with Gasteiger partial charge in [-0.3, -0.25) is 4.31 Å². The summed E-state index contributed by atoms with van der Waals surface area (Å²) in [5.41, 5.74) is 2.13. The zero-order valence-corrected chi connectivity index (χ0v) is 17.4. The average molecular weight is 412 g/mol. The second kappa shape index (κ2) is 9.01. The van der Waals surface area contributed by atoms with E-state index in [0.29, 0.717) is 23.6 Å². The third kappa shape index (κ3) is 5.09. The largest absolute Gasteiger partial charge is 0.497 e. The molecule has 3 rings (SSSR count). The Morgan fingerprint density at radius 3 is 2.31 bits per heavy atom. The first-order chi connectivity index (χ1) is 13.9. The lowest BCUT2D eigenvalue weighted by molar-refractivity contribution is 0.414. The lowest BCUT2D eigenvalue weighted by Gasteiger charge is -2.32. The maximum absolute atomic E-state index is 13.6. The molecule has 0 aliphatic carbocycles. The summed E-state index contributed by atoms with van der Waals surface area (Å²) in [6, 6.07) is 19.2. The van der Waals surface area contributed by atoms with Crippen LogP contribution in [0.5, 0.6) is 5.75 Å². The van der Waals surface area contributed by atoms with Gasteiger partial charge < -0.3 is 9.15 Å². The molecule has 0 amide bonds. The molecule has 152 valence electrons. The lowest BCUT2D eigenvalue weighted by atomic mass is 10.1. The Morgan fingerprint density at radius 1 is 1.07 bits per heavy atom. The highest BCUT2D eigenvalue weighted by Gasteiger charge is 2.33. The molecule has 29 heavy (non-hydrogen) atoms. The van der Waals surface area contributed by atoms with Crippen LogP contribution in [0.25, 0.3) is 0 Å². The molecule has 0 N–H and O–H groups in total. The van der Waals surface area contributed by atoms with E-state index in [0.717, 1.165) is 11.1 Å². The molecule has 0 radical (unpaired) electrons. The van der Waals surface area contributed by atoms with Crippen molar-refractivity contribution in [1.82, 2.24) is 0 Å². The van der Waals surface area contributed by atoms with Gasteiger partial charge in [0.05, 0.1) is 24.8 Å². The molecule has 0 saturated heterocycles. The van der Waals surface area contributed by atoms with E-state index in [1.807, 2.05) is 37.3 Å². The summed E-state index contributed by atoms with van der Waals surface area (Å²) in [5, 5.41) is 0. The summed E-state index contributed by atoms with van der Waals surface area (Å²) >= 11 is 0. The summed E-state index contributed by atoms with van der Waals surface area (Å²) in [4.78, 5) is 0.